The summed E-state index contributed by atoms with van der Waals surface area (Å²) in [7, 11) is 0. The van der Waals surface area contributed by atoms with Crippen molar-refractivity contribution in [2.75, 3.05) is 0 Å². The molecule has 1 aromatic carbocycles. The van der Waals surface area contributed by atoms with Crippen LogP contribution in [0, 0.1) is 11.6 Å². The molecule has 0 saturated heterocycles. The Morgan fingerprint density at radius 3 is 2.72 bits per heavy atom. The maximum absolute atomic E-state index is 14.7. The van der Waals surface area contributed by atoms with E-state index in [1.807, 2.05) is 22.7 Å². The Labute approximate surface area is 171 Å². The van der Waals surface area contributed by atoms with Gasteiger partial charge in [-0.3, -0.25) is 4.40 Å². The van der Waals surface area contributed by atoms with Crippen LogP contribution in [0.2, 0.25) is 5.02 Å². The van der Waals surface area contributed by atoms with Crippen LogP contribution in [0.3, 0.4) is 0 Å². The predicted octanol–water partition coefficient (Wildman–Crippen LogP) is 5.26. The van der Waals surface area contributed by atoms with E-state index >= 15 is 0 Å². The molecule has 0 bridgehead atoms. The molecule has 0 amide bonds. The Morgan fingerprint density at radius 1 is 1.10 bits per heavy atom. The first-order valence-electron chi connectivity index (χ1n) is 9.53. The number of aryl methyl sites for hydroxylation is 1. The number of halogens is 3. The number of benzene rings is 1. The summed E-state index contributed by atoms with van der Waals surface area (Å²) in [6.45, 7) is 4.89. The second-order valence-electron chi connectivity index (χ2n) is 7.59. The van der Waals surface area contributed by atoms with Gasteiger partial charge in [0.2, 0.25) is 0 Å². The Balaban J connectivity index is 1.77. The molecule has 0 spiro atoms. The van der Waals surface area contributed by atoms with Crippen molar-refractivity contribution in [3.8, 4) is 22.5 Å². The number of imidazole rings is 1. The summed E-state index contributed by atoms with van der Waals surface area (Å²) in [6, 6.07) is 5.92. The second kappa shape index (κ2) is 6.62. The largest absolute Gasteiger partial charge is 0.327 e. The van der Waals surface area contributed by atoms with Crippen molar-refractivity contribution in [1.29, 1.82) is 0 Å². The molecule has 1 aliphatic heterocycles. The molecule has 8 heteroatoms. The Morgan fingerprint density at radius 2 is 1.93 bits per heavy atom. The van der Waals surface area contributed by atoms with E-state index in [4.69, 9.17) is 11.6 Å². The van der Waals surface area contributed by atoms with Gasteiger partial charge in [-0.1, -0.05) is 25.4 Å². The topological polar surface area (TPSA) is 48.0 Å². The molecule has 1 aliphatic rings. The SMILES string of the molecule is CC(C)c1nnc2ccc(-c3c(-c4cc(F)c(Cl)cc4F)nc4n3CCC4)cn12. The fourth-order valence-electron chi connectivity index (χ4n) is 3.95. The fourth-order valence-corrected chi connectivity index (χ4v) is 4.10. The van der Waals surface area contributed by atoms with Crippen LogP contribution in [0.1, 0.15) is 37.8 Å². The van der Waals surface area contributed by atoms with Crippen molar-refractivity contribution in [2.45, 2.75) is 39.2 Å². The van der Waals surface area contributed by atoms with E-state index < -0.39 is 11.6 Å². The smallest absolute Gasteiger partial charge is 0.160 e. The quantitative estimate of drug-likeness (QED) is 0.430. The van der Waals surface area contributed by atoms with Crippen molar-refractivity contribution in [1.82, 2.24) is 24.1 Å². The van der Waals surface area contributed by atoms with Gasteiger partial charge in [-0.05, 0) is 30.7 Å². The van der Waals surface area contributed by atoms with Gasteiger partial charge < -0.3 is 4.57 Å². The average Bonchev–Trinajstić information content (AvgIpc) is 3.37. The molecule has 0 atom stereocenters. The minimum atomic E-state index is -0.668. The van der Waals surface area contributed by atoms with E-state index in [-0.39, 0.29) is 16.5 Å². The van der Waals surface area contributed by atoms with Crippen LogP contribution in [0.4, 0.5) is 8.78 Å². The monoisotopic (exact) mass is 413 g/mol. The van der Waals surface area contributed by atoms with Gasteiger partial charge in [0.1, 0.15) is 23.3 Å². The van der Waals surface area contributed by atoms with Gasteiger partial charge in [0, 0.05) is 36.2 Å². The van der Waals surface area contributed by atoms with Crippen molar-refractivity contribution in [2.24, 2.45) is 0 Å². The second-order valence-corrected chi connectivity index (χ2v) is 7.99. The number of hydrogen-bond acceptors (Lipinski definition) is 3. The Bertz CT molecular complexity index is 1260. The summed E-state index contributed by atoms with van der Waals surface area (Å²) >= 11 is 5.75. The molecular formula is C21H18ClF2N5. The van der Waals surface area contributed by atoms with E-state index in [1.54, 1.807) is 0 Å². The van der Waals surface area contributed by atoms with E-state index in [9.17, 15) is 8.78 Å². The van der Waals surface area contributed by atoms with Gasteiger partial charge >= 0.3 is 0 Å². The van der Waals surface area contributed by atoms with Crippen molar-refractivity contribution < 1.29 is 8.78 Å². The maximum atomic E-state index is 14.7. The summed E-state index contributed by atoms with van der Waals surface area (Å²) in [6.07, 6.45) is 3.72. The number of pyridine rings is 1. The molecule has 4 aromatic rings. The Hall–Kier alpha value is -2.80. The molecule has 4 heterocycles. The van der Waals surface area contributed by atoms with Gasteiger partial charge in [0.15, 0.2) is 5.65 Å². The highest BCUT2D eigenvalue weighted by Gasteiger charge is 2.26. The molecule has 5 nitrogen and oxygen atoms in total. The lowest BCUT2D eigenvalue weighted by Crippen LogP contribution is -2.01. The molecule has 5 rings (SSSR count). The number of nitrogens with zero attached hydrogens (tertiary/aromatic N) is 5. The third kappa shape index (κ3) is 2.83. The number of rotatable bonds is 3. The van der Waals surface area contributed by atoms with Crippen LogP contribution in [-0.2, 0) is 13.0 Å². The van der Waals surface area contributed by atoms with Crippen LogP contribution < -0.4 is 0 Å². The molecule has 0 fully saturated rings. The zero-order chi connectivity index (χ0) is 20.3. The summed E-state index contributed by atoms with van der Waals surface area (Å²) in [5, 5.41) is 8.25. The van der Waals surface area contributed by atoms with Crippen LogP contribution in [0.5, 0.6) is 0 Å². The van der Waals surface area contributed by atoms with E-state index in [0.717, 1.165) is 60.1 Å². The Kier molecular flexibility index (Phi) is 4.17. The lowest BCUT2D eigenvalue weighted by atomic mass is 10.0. The lowest BCUT2D eigenvalue weighted by Gasteiger charge is -2.11. The zero-order valence-electron chi connectivity index (χ0n) is 16.0. The van der Waals surface area contributed by atoms with E-state index in [0.29, 0.717) is 5.69 Å². The highest BCUT2D eigenvalue weighted by Crippen LogP contribution is 2.38. The van der Waals surface area contributed by atoms with Gasteiger partial charge in [-0.25, -0.2) is 13.8 Å². The normalized spacial score (nSPS) is 13.6. The van der Waals surface area contributed by atoms with E-state index in [2.05, 4.69) is 33.6 Å². The minimum absolute atomic E-state index is 0.108. The zero-order valence-corrected chi connectivity index (χ0v) is 16.7. The summed E-state index contributed by atoms with van der Waals surface area (Å²) in [5.41, 5.74) is 2.89. The first-order chi connectivity index (χ1) is 13.9. The molecule has 0 N–H and O–H groups in total. The highest BCUT2D eigenvalue weighted by atomic mass is 35.5. The third-order valence-electron chi connectivity index (χ3n) is 5.31. The third-order valence-corrected chi connectivity index (χ3v) is 5.60. The number of aromatic nitrogens is 5. The van der Waals surface area contributed by atoms with Crippen LogP contribution >= 0.6 is 11.6 Å². The summed E-state index contributed by atoms with van der Waals surface area (Å²) < 4.78 is 32.9. The van der Waals surface area contributed by atoms with Crippen molar-refractivity contribution in [3.05, 3.63) is 58.8 Å². The molecule has 0 saturated carbocycles. The number of hydrogen-bond donors (Lipinski definition) is 0. The molecule has 0 radical (unpaired) electrons. The van der Waals surface area contributed by atoms with Gasteiger partial charge in [-0.15, -0.1) is 10.2 Å². The molecular weight excluding hydrogens is 396 g/mol. The summed E-state index contributed by atoms with van der Waals surface area (Å²) in [4.78, 5) is 4.67. The van der Waals surface area contributed by atoms with Crippen molar-refractivity contribution >= 4 is 17.2 Å². The molecule has 29 heavy (non-hydrogen) atoms. The van der Waals surface area contributed by atoms with Gasteiger partial charge in [0.05, 0.1) is 16.4 Å². The molecule has 3 aromatic heterocycles. The summed E-state index contributed by atoms with van der Waals surface area (Å²) in [5.74, 6) is 0.644. The van der Waals surface area contributed by atoms with Crippen molar-refractivity contribution in [3.63, 3.8) is 0 Å². The predicted molar refractivity (Wildman–Crippen MR) is 107 cm³/mol. The number of fused-ring (bicyclic) bond motifs is 2. The van der Waals surface area contributed by atoms with Gasteiger partial charge in [0.25, 0.3) is 0 Å². The average molecular weight is 414 g/mol. The first kappa shape index (κ1) is 18.2. The fraction of sp³-hybridized carbons (Fsp3) is 0.286. The first-order valence-corrected chi connectivity index (χ1v) is 9.91. The molecule has 0 aliphatic carbocycles. The lowest BCUT2D eigenvalue weighted by molar-refractivity contribution is 0.603. The highest BCUT2D eigenvalue weighted by molar-refractivity contribution is 6.30. The van der Waals surface area contributed by atoms with Crippen LogP contribution in [0.25, 0.3) is 28.2 Å². The maximum Gasteiger partial charge on any atom is 0.160 e. The minimum Gasteiger partial charge on any atom is -0.327 e. The van der Waals surface area contributed by atoms with E-state index in [1.165, 1.54) is 0 Å². The molecule has 148 valence electrons. The van der Waals surface area contributed by atoms with Crippen LogP contribution in [0.15, 0.2) is 30.5 Å². The standard InChI is InChI=1S/C21H18ClF2N5/c1-11(2)21-27-26-18-6-5-12(10-29(18)21)20-19(25-17-4-3-7-28(17)20)13-8-16(24)14(22)9-15(13)23/h5-6,8-11H,3-4,7H2,1-2H3. The van der Waals surface area contributed by atoms with Crippen LogP contribution in [-0.4, -0.2) is 24.1 Å². The van der Waals surface area contributed by atoms with Gasteiger partial charge in [-0.2, -0.15) is 0 Å². The molecule has 0 unspecified atom stereocenters.